The average molecular weight is 362 g/mol. The van der Waals surface area contributed by atoms with E-state index in [-0.39, 0.29) is 17.8 Å². The Bertz CT molecular complexity index is 688. The number of ether oxygens (including phenoxy) is 2. The van der Waals surface area contributed by atoms with Gasteiger partial charge in [0, 0.05) is 18.0 Å². The van der Waals surface area contributed by atoms with Gasteiger partial charge in [0.1, 0.15) is 24.3 Å². The summed E-state index contributed by atoms with van der Waals surface area (Å²) in [6.45, 7) is 0.638. The molecule has 1 amide bonds. The zero-order valence-corrected chi connectivity index (χ0v) is 14.4. The topological polar surface area (TPSA) is 60.5 Å². The van der Waals surface area contributed by atoms with Gasteiger partial charge in [-0.3, -0.25) is 4.79 Å². The van der Waals surface area contributed by atoms with Crippen LogP contribution in [0.1, 0.15) is 16.8 Å². The summed E-state index contributed by atoms with van der Waals surface area (Å²) in [5.41, 5.74) is 0.468. The van der Waals surface area contributed by atoms with Gasteiger partial charge in [0.2, 0.25) is 5.88 Å². The van der Waals surface area contributed by atoms with Crippen LogP contribution in [0.4, 0.5) is 4.39 Å². The standard InChI is InChI=1S/C18H19FN2O3S/c19-14-2-4-15(5-3-14)23-9-8-20-18(22)13-1-6-17(21-11-13)24-16-7-10-25-12-16/h1-6,11,16H,7-10,12H2,(H,20,22). The van der Waals surface area contributed by atoms with Gasteiger partial charge < -0.3 is 14.8 Å². The van der Waals surface area contributed by atoms with Crippen molar-refractivity contribution in [1.29, 1.82) is 0 Å². The number of benzene rings is 1. The molecule has 1 aromatic heterocycles. The Hall–Kier alpha value is -2.28. The molecule has 1 aliphatic rings. The summed E-state index contributed by atoms with van der Waals surface area (Å²) in [6, 6.07) is 9.15. The van der Waals surface area contributed by atoms with Crippen molar-refractivity contribution in [1.82, 2.24) is 10.3 Å². The molecule has 2 heterocycles. The molecular weight excluding hydrogens is 343 g/mol. The van der Waals surface area contributed by atoms with Gasteiger partial charge in [-0.25, -0.2) is 9.37 Å². The van der Waals surface area contributed by atoms with Gasteiger partial charge in [-0.15, -0.1) is 0 Å². The van der Waals surface area contributed by atoms with E-state index in [4.69, 9.17) is 9.47 Å². The lowest BCUT2D eigenvalue weighted by Crippen LogP contribution is -2.28. The van der Waals surface area contributed by atoms with E-state index >= 15 is 0 Å². The summed E-state index contributed by atoms with van der Waals surface area (Å²) in [4.78, 5) is 16.2. The van der Waals surface area contributed by atoms with Crippen molar-refractivity contribution in [2.24, 2.45) is 0 Å². The third kappa shape index (κ3) is 5.35. The van der Waals surface area contributed by atoms with Crippen molar-refractivity contribution in [2.45, 2.75) is 12.5 Å². The highest BCUT2D eigenvalue weighted by molar-refractivity contribution is 7.99. The predicted octanol–water partition coefficient (Wildman–Crippen LogP) is 2.91. The van der Waals surface area contributed by atoms with Crippen molar-refractivity contribution in [3.63, 3.8) is 0 Å². The number of aromatic nitrogens is 1. The van der Waals surface area contributed by atoms with Crippen LogP contribution in [0.15, 0.2) is 42.6 Å². The fourth-order valence-corrected chi connectivity index (χ4v) is 3.42. The van der Waals surface area contributed by atoms with E-state index in [0.29, 0.717) is 30.3 Å². The molecule has 3 rings (SSSR count). The number of amides is 1. The molecule has 1 aromatic carbocycles. The van der Waals surface area contributed by atoms with Crippen LogP contribution >= 0.6 is 11.8 Å². The van der Waals surface area contributed by atoms with Gasteiger partial charge in [0.25, 0.3) is 5.91 Å². The van der Waals surface area contributed by atoms with Gasteiger partial charge >= 0.3 is 0 Å². The molecule has 0 spiro atoms. The summed E-state index contributed by atoms with van der Waals surface area (Å²) in [5.74, 6) is 2.67. The first-order valence-electron chi connectivity index (χ1n) is 8.08. The normalized spacial score (nSPS) is 16.4. The maximum absolute atomic E-state index is 12.8. The molecule has 1 saturated heterocycles. The van der Waals surface area contributed by atoms with Gasteiger partial charge in [-0.1, -0.05) is 0 Å². The summed E-state index contributed by atoms with van der Waals surface area (Å²) in [6.07, 6.45) is 2.75. The molecule has 132 valence electrons. The monoisotopic (exact) mass is 362 g/mol. The molecule has 0 radical (unpaired) electrons. The highest BCUT2D eigenvalue weighted by Crippen LogP contribution is 2.21. The maximum atomic E-state index is 12.8. The Morgan fingerprint density at radius 1 is 1.28 bits per heavy atom. The van der Waals surface area contributed by atoms with Crippen molar-refractivity contribution >= 4 is 17.7 Å². The minimum atomic E-state index is -0.313. The molecule has 1 N–H and O–H groups in total. The minimum Gasteiger partial charge on any atom is -0.492 e. The van der Waals surface area contributed by atoms with E-state index in [1.54, 1.807) is 24.3 Å². The van der Waals surface area contributed by atoms with Gasteiger partial charge in [0.15, 0.2) is 0 Å². The summed E-state index contributed by atoms with van der Waals surface area (Å²) < 4.78 is 24.0. The smallest absolute Gasteiger partial charge is 0.252 e. The Morgan fingerprint density at radius 2 is 2.12 bits per heavy atom. The second kappa shape index (κ2) is 8.71. The second-order valence-corrected chi connectivity index (χ2v) is 6.70. The van der Waals surface area contributed by atoms with Crippen LogP contribution < -0.4 is 14.8 Å². The van der Waals surface area contributed by atoms with Crippen LogP contribution in [0.3, 0.4) is 0 Å². The van der Waals surface area contributed by atoms with E-state index in [9.17, 15) is 9.18 Å². The number of hydrogen-bond donors (Lipinski definition) is 1. The number of thioether (sulfide) groups is 1. The fraction of sp³-hybridized carbons (Fsp3) is 0.333. The van der Waals surface area contributed by atoms with E-state index in [2.05, 4.69) is 10.3 Å². The SMILES string of the molecule is O=C(NCCOc1ccc(F)cc1)c1ccc(OC2CCSC2)nc1. The zero-order chi connectivity index (χ0) is 17.5. The molecule has 1 atom stereocenters. The molecule has 0 aliphatic carbocycles. The number of carbonyl (C=O) groups is 1. The molecule has 1 unspecified atom stereocenters. The van der Waals surface area contributed by atoms with Crippen LogP contribution in [-0.2, 0) is 0 Å². The Kier molecular flexibility index (Phi) is 6.11. The van der Waals surface area contributed by atoms with Gasteiger partial charge in [-0.2, -0.15) is 11.8 Å². The lowest BCUT2D eigenvalue weighted by Gasteiger charge is -2.11. The molecule has 7 heteroatoms. The van der Waals surface area contributed by atoms with Crippen molar-refractivity contribution in [3.8, 4) is 11.6 Å². The highest BCUT2D eigenvalue weighted by Gasteiger charge is 2.17. The number of nitrogens with one attached hydrogen (secondary N) is 1. The number of carbonyl (C=O) groups excluding carboxylic acids is 1. The Morgan fingerprint density at radius 3 is 2.80 bits per heavy atom. The molecule has 2 aromatic rings. The maximum Gasteiger partial charge on any atom is 0.252 e. The number of nitrogens with zero attached hydrogens (tertiary/aromatic N) is 1. The molecule has 25 heavy (non-hydrogen) atoms. The number of hydrogen-bond acceptors (Lipinski definition) is 5. The van der Waals surface area contributed by atoms with Crippen LogP contribution in [0, 0.1) is 5.82 Å². The van der Waals surface area contributed by atoms with Crippen molar-refractivity contribution in [3.05, 3.63) is 54.0 Å². The van der Waals surface area contributed by atoms with Gasteiger partial charge in [-0.05, 0) is 42.5 Å². The van der Waals surface area contributed by atoms with Crippen LogP contribution in [0.25, 0.3) is 0 Å². The number of rotatable bonds is 7. The minimum absolute atomic E-state index is 0.209. The molecule has 1 aliphatic heterocycles. The summed E-state index contributed by atoms with van der Waals surface area (Å²) in [7, 11) is 0. The molecular formula is C18H19FN2O3S. The van der Waals surface area contributed by atoms with E-state index in [0.717, 1.165) is 17.9 Å². The highest BCUT2D eigenvalue weighted by atomic mass is 32.2. The molecule has 1 fully saturated rings. The first-order chi connectivity index (χ1) is 12.2. The van der Waals surface area contributed by atoms with E-state index < -0.39 is 0 Å². The number of pyridine rings is 1. The Balaban J connectivity index is 1.40. The fourth-order valence-electron chi connectivity index (χ4n) is 2.33. The van der Waals surface area contributed by atoms with Crippen LogP contribution in [0.5, 0.6) is 11.6 Å². The first-order valence-corrected chi connectivity index (χ1v) is 9.23. The van der Waals surface area contributed by atoms with Crippen LogP contribution in [-0.4, -0.2) is 41.7 Å². The summed E-state index contributed by atoms with van der Waals surface area (Å²) in [5, 5.41) is 2.75. The van der Waals surface area contributed by atoms with E-state index in [1.807, 2.05) is 11.8 Å². The molecule has 0 saturated carbocycles. The third-order valence-electron chi connectivity index (χ3n) is 3.64. The lowest BCUT2D eigenvalue weighted by atomic mass is 10.2. The van der Waals surface area contributed by atoms with Crippen LogP contribution in [0.2, 0.25) is 0 Å². The predicted molar refractivity (Wildman–Crippen MR) is 94.8 cm³/mol. The number of halogens is 1. The lowest BCUT2D eigenvalue weighted by molar-refractivity contribution is 0.0946. The molecule has 0 bridgehead atoms. The third-order valence-corrected chi connectivity index (χ3v) is 4.78. The largest absolute Gasteiger partial charge is 0.492 e. The van der Waals surface area contributed by atoms with Gasteiger partial charge in [0.05, 0.1) is 12.1 Å². The quantitative estimate of drug-likeness (QED) is 0.768. The average Bonchev–Trinajstić information content (AvgIpc) is 3.14. The van der Waals surface area contributed by atoms with Crippen molar-refractivity contribution in [2.75, 3.05) is 24.7 Å². The second-order valence-electron chi connectivity index (χ2n) is 5.55. The zero-order valence-electron chi connectivity index (χ0n) is 13.6. The first kappa shape index (κ1) is 17.5. The van der Waals surface area contributed by atoms with Crippen molar-refractivity contribution < 1.29 is 18.7 Å². The van der Waals surface area contributed by atoms with E-state index in [1.165, 1.54) is 18.3 Å². The molecule has 5 nitrogen and oxygen atoms in total. The summed E-state index contributed by atoms with van der Waals surface area (Å²) >= 11 is 1.87. The Labute approximate surface area is 149 Å².